The number of anilines is 1. The summed E-state index contributed by atoms with van der Waals surface area (Å²) in [5, 5.41) is 2.47. The average Bonchev–Trinajstić information content (AvgIpc) is 2.62. The molecule has 1 aromatic carbocycles. The van der Waals surface area contributed by atoms with Gasteiger partial charge in [0.1, 0.15) is 12.3 Å². The van der Waals surface area contributed by atoms with Crippen molar-refractivity contribution in [1.82, 2.24) is 9.62 Å². The van der Waals surface area contributed by atoms with Crippen LogP contribution in [-0.2, 0) is 19.6 Å². The molecule has 2 aliphatic heterocycles. The van der Waals surface area contributed by atoms with Crippen molar-refractivity contribution in [3.8, 4) is 5.75 Å². The largest absolute Gasteiger partial charge is 0.482 e. The molecule has 1 fully saturated rings. The van der Waals surface area contributed by atoms with Crippen LogP contribution in [0.15, 0.2) is 23.1 Å². The second-order valence-corrected chi connectivity index (χ2v) is 9.28. The first-order valence-electron chi connectivity index (χ1n) is 9.00. The molecule has 2 aliphatic rings. The maximum absolute atomic E-state index is 13.1. The molecule has 8 nitrogen and oxygen atoms in total. The molecule has 3 rings (SSSR count). The monoisotopic (exact) mass is 395 g/mol. The zero-order chi connectivity index (χ0) is 19.8. The summed E-state index contributed by atoms with van der Waals surface area (Å²) >= 11 is 0. The molecule has 2 amide bonds. The number of carbonyl (C=O) groups is 2. The normalized spacial score (nSPS) is 23.5. The van der Waals surface area contributed by atoms with E-state index in [1.165, 1.54) is 28.4 Å². The van der Waals surface area contributed by atoms with Crippen molar-refractivity contribution < 1.29 is 22.7 Å². The van der Waals surface area contributed by atoms with Gasteiger partial charge in [-0.05, 0) is 36.5 Å². The fourth-order valence-corrected chi connectivity index (χ4v) is 5.39. The molecule has 2 heterocycles. The number of nitrogens with one attached hydrogen (secondary N) is 1. The van der Waals surface area contributed by atoms with E-state index in [0.717, 1.165) is 6.42 Å². The molecule has 0 unspecified atom stereocenters. The number of likely N-dealkylation sites (N-methyl/N-ethyl adjacent to an activating group) is 1. The van der Waals surface area contributed by atoms with Gasteiger partial charge >= 0.3 is 0 Å². The average molecular weight is 395 g/mol. The third kappa shape index (κ3) is 3.93. The highest BCUT2D eigenvalue weighted by molar-refractivity contribution is 7.89. The summed E-state index contributed by atoms with van der Waals surface area (Å²) in [6.45, 7) is 4.66. The Hall–Kier alpha value is -2.13. The van der Waals surface area contributed by atoms with Crippen LogP contribution in [0.5, 0.6) is 5.75 Å². The van der Waals surface area contributed by atoms with Crippen molar-refractivity contribution in [2.45, 2.75) is 25.2 Å². The van der Waals surface area contributed by atoms with E-state index in [1.54, 1.807) is 6.07 Å². The topological polar surface area (TPSA) is 96.0 Å². The lowest BCUT2D eigenvalue weighted by Crippen LogP contribution is -2.45. The standard InChI is InChI=1S/C18H25N3O5S/c1-12-6-13(2)9-20(8-12)27(24,25)14-4-5-16-15(7-14)21(10-17(22)19-3)18(23)11-26-16/h4-5,7,12-13H,6,8-11H2,1-3H3,(H,19,22)/t12-,13+. The molecule has 0 spiro atoms. The van der Waals surface area contributed by atoms with Crippen LogP contribution in [0.25, 0.3) is 0 Å². The van der Waals surface area contributed by atoms with E-state index in [4.69, 9.17) is 4.74 Å². The van der Waals surface area contributed by atoms with Crippen LogP contribution in [0, 0.1) is 11.8 Å². The molecular formula is C18H25N3O5S. The summed E-state index contributed by atoms with van der Waals surface area (Å²) in [7, 11) is -2.22. The van der Waals surface area contributed by atoms with Crippen LogP contribution >= 0.6 is 0 Å². The zero-order valence-corrected chi connectivity index (χ0v) is 16.6. The Balaban J connectivity index is 1.96. The van der Waals surface area contributed by atoms with E-state index in [1.807, 2.05) is 13.8 Å². The maximum Gasteiger partial charge on any atom is 0.265 e. The van der Waals surface area contributed by atoms with Gasteiger partial charge in [0.15, 0.2) is 6.61 Å². The van der Waals surface area contributed by atoms with Gasteiger partial charge in [-0.3, -0.25) is 14.5 Å². The number of amides is 2. The van der Waals surface area contributed by atoms with Gasteiger partial charge < -0.3 is 10.1 Å². The number of carbonyl (C=O) groups excluding carboxylic acids is 2. The van der Waals surface area contributed by atoms with Crippen molar-refractivity contribution in [3.63, 3.8) is 0 Å². The minimum absolute atomic E-state index is 0.0998. The van der Waals surface area contributed by atoms with E-state index < -0.39 is 10.0 Å². The summed E-state index contributed by atoms with van der Waals surface area (Å²) in [6.07, 6.45) is 0.998. The van der Waals surface area contributed by atoms with Crippen LogP contribution in [0.1, 0.15) is 20.3 Å². The fraction of sp³-hybridized carbons (Fsp3) is 0.556. The van der Waals surface area contributed by atoms with Crippen LogP contribution in [0.3, 0.4) is 0 Å². The first-order chi connectivity index (χ1) is 12.7. The van der Waals surface area contributed by atoms with Gasteiger partial charge in [0.05, 0.1) is 10.6 Å². The van der Waals surface area contributed by atoms with Crippen LogP contribution in [0.2, 0.25) is 0 Å². The van der Waals surface area contributed by atoms with Crippen LogP contribution < -0.4 is 15.0 Å². The van der Waals surface area contributed by atoms with E-state index in [-0.39, 0.29) is 41.7 Å². The van der Waals surface area contributed by atoms with E-state index in [2.05, 4.69) is 5.32 Å². The Morgan fingerprint density at radius 3 is 2.56 bits per heavy atom. The van der Waals surface area contributed by atoms with Crippen molar-refractivity contribution >= 4 is 27.5 Å². The summed E-state index contributed by atoms with van der Waals surface area (Å²) in [6, 6.07) is 4.46. The van der Waals surface area contributed by atoms with Gasteiger partial charge in [0.25, 0.3) is 5.91 Å². The lowest BCUT2D eigenvalue weighted by molar-refractivity contribution is -0.125. The third-order valence-electron chi connectivity index (χ3n) is 4.93. The van der Waals surface area contributed by atoms with Crippen molar-refractivity contribution in [1.29, 1.82) is 0 Å². The summed E-state index contributed by atoms with van der Waals surface area (Å²) in [5.74, 6) is 0.230. The number of benzene rings is 1. The fourth-order valence-electron chi connectivity index (χ4n) is 3.69. The highest BCUT2D eigenvalue weighted by Crippen LogP contribution is 2.36. The Morgan fingerprint density at radius 2 is 1.93 bits per heavy atom. The summed E-state index contributed by atoms with van der Waals surface area (Å²) in [5.41, 5.74) is 0.300. The molecule has 0 aliphatic carbocycles. The number of fused-ring (bicyclic) bond motifs is 1. The molecule has 0 bridgehead atoms. The predicted molar refractivity (Wildman–Crippen MR) is 100 cm³/mol. The second-order valence-electron chi connectivity index (χ2n) is 7.34. The number of ether oxygens (including phenoxy) is 1. The molecule has 2 atom stereocenters. The van der Waals surface area contributed by atoms with Crippen molar-refractivity contribution in [2.75, 3.05) is 38.2 Å². The highest BCUT2D eigenvalue weighted by atomic mass is 32.2. The Bertz CT molecular complexity index is 845. The van der Waals surface area contributed by atoms with Crippen LogP contribution in [0.4, 0.5) is 5.69 Å². The molecule has 1 aromatic rings. The van der Waals surface area contributed by atoms with E-state index >= 15 is 0 Å². The molecule has 0 saturated carbocycles. The number of sulfonamides is 1. The smallest absolute Gasteiger partial charge is 0.265 e. The number of hydrogen-bond acceptors (Lipinski definition) is 5. The minimum atomic E-state index is -3.70. The lowest BCUT2D eigenvalue weighted by Gasteiger charge is -2.34. The predicted octanol–water partition coefficient (Wildman–Crippen LogP) is 0.825. The van der Waals surface area contributed by atoms with E-state index in [9.17, 15) is 18.0 Å². The molecule has 1 saturated heterocycles. The van der Waals surface area contributed by atoms with Gasteiger partial charge in [0.2, 0.25) is 15.9 Å². The van der Waals surface area contributed by atoms with Crippen molar-refractivity contribution in [3.05, 3.63) is 18.2 Å². The quantitative estimate of drug-likeness (QED) is 0.814. The van der Waals surface area contributed by atoms with Gasteiger partial charge in [-0.25, -0.2) is 8.42 Å². The zero-order valence-electron chi connectivity index (χ0n) is 15.8. The Morgan fingerprint density at radius 1 is 1.26 bits per heavy atom. The Kier molecular flexibility index (Phi) is 5.43. The molecule has 0 radical (unpaired) electrons. The van der Waals surface area contributed by atoms with Gasteiger partial charge in [-0.2, -0.15) is 4.31 Å². The SMILES string of the molecule is CNC(=O)CN1C(=O)COc2ccc(S(=O)(=O)N3C[C@H](C)C[C@H](C)C3)cc21. The van der Waals surface area contributed by atoms with Gasteiger partial charge in [-0.1, -0.05) is 13.8 Å². The number of rotatable bonds is 4. The molecule has 1 N–H and O–H groups in total. The number of nitrogens with zero attached hydrogens (tertiary/aromatic N) is 2. The van der Waals surface area contributed by atoms with Crippen molar-refractivity contribution in [2.24, 2.45) is 11.8 Å². The highest BCUT2D eigenvalue weighted by Gasteiger charge is 2.34. The maximum atomic E-state index is 13.1. The molecule has 0 aromatic heterocycles. The second kappa shape index (κ2) is 7.47. The minimum Gasteiger partial charge on any atom is -0.482 e. The number of piperidine rings is 1. The van der Waals surface area contributed by atoms with E-state index in [0.29, 0.717) is 24.5 Å². The summed E-state index contributed by atoms with van der Waals surface area (Å²) < 4.78 is 33.2. The third-order valence-corrected chi connectivity index (χ3v) is 6.75. The number of hydrogen-bond donors (Lipinski definition) is 1. The Labute approximate surface area is 159 Å². The van der Waals surface area contributed by atoms with Gasteiger partial charge in [-0.15, -0.1) is 0 Å². The lowest BCUT2D eigenvalue weighted by atomic mass is 9.94. The molecule has 27 heavy (non-hydrogen) atoms. The van der Waals surface area contributed by atoms with Gasteiger partial charge in [0, 0.05) is 20.1 Å². The first kappa shape index (κ1) is 19.6. The first-order valence-corrected chi connectivity index (χ1v) is 10.4. The molecule has 9 heteroatoms. The molecule has 148 valence electrons. The molecular weight excluding hydrogens is 370 g/mol. The van der Waals surface area contributed by atoms with Crippen LogP contribution in [-0.4, -0.2) is 57.8 Å². The summed E-state index contributed by atoms with van der Waals surface area (Å²) in [4.78, 5) is 25.3.